The van der Waals surface area contributed by atoms with Crippen molar-refractivity contribution in [3.63, 3.8) is 0 Å². The van der Waals surface area contributed by atoms with Gasteiger partial charge >= 0.3 is 5.97 Å². The van der Waals surface area contributed by atoms with Gasteiger partial charge in [-0.3, -0.25) is 14.8 Å². The fourth-order valence-electron chi connectivity index (χ4n) is 2.99. The summed E-state index contributed by atoms with van der Waals surface area (Å²) >= 11 is 0. The summed E-state index contributed by atoms with van der Waals surface area (Å²) in [6, 6.07) is 0. The molecule has 0 bridgehead atoms. The quantitative estimate of drug-likeness (QED) is 0.787. The Morgan fingerprint density at radius 2 is 2.21 bits per heavy atom. The number of rotatable bonds is 6. The molecule has 0 unspecified atom stereocenters. The van der Waals surface area contributed by atoms with E-state index in [-0.39, 0.29) is 6.54 Å². The number of aliphatic carboxylic acids is 1. The van der Waals surface area contributed by atoms with Crippen LogP contribution in [0.4, 0.5) is 5.95 Å². The van der Waals surface area contributed by atoms with E-state index in [1.165, 1.54) is 4.90 Å². The number of carbonyl (C=O) groups is 1. The molecule has 0 radical (unpaired) electrons. The molecule has 0 spiro atoms. The Hall–Kier alpha value is -2.55. The van der Waals surface area contributed by atoms with E-state index in [1.807, 2.05) is 0 Å². The predicted molar refractivity (Wildman–Crippen MR) is 86.6 cm³/mol. The first-order valence-corrected chi connectivity index (χ1v) is 7.93. The van der Waals surface area contributed by atoms with Crippen LogP contribution in [0, 0.1) is 0 Å². The van der Waals surface area contributed by atoms with Gasteiger partial charge in [-0.15, -0.1) is 0 Å². The van der Waals surface area contributed by atoms with E-state index in [0.717, 1.165) is 43.9 Å². The molecule has 9 nitrogen and oxygen atoms in total. The smallest absolute Gasteiger partial charge is 0.323 e. The molecule has 3 rings (SSSR count). The molecule has 3 heterocycles. The standard InChI is InChI=1S/C15H21N7O2/c1-21(9-13(23)24)15-16-5-11(6-17-15)7-22-4-2-3-12(8-22)14-18-10-19-20-14/h5-6,10,12H,2-4,7-9H2,1H3,(H,23,24)(H,18,19,20)/t12-/m0/s1. The monoisotopic (exact) mass is 331 g/mol. The zero-order valence-corrected chi connectivity index (χ0v) is 13.6. The number of hydrogen-bond donors (Lipinski definition) is 2. The number of H-pyrrole nitrogens is 1. The lowest BCUT2D eigenvalue weighted by Crippen LogP contribution is -2.34. The Morgan fingerprint density at radius 3 is 2.88 bits per heavy atom. The molecule has 0 aromatic carbocycles. The molecule has 9 heteroatoms. The maximum Gasteiger partial charge on any atom is 0.323 e. The first-order chi connectivity index (χ1) is 11.6. The highest BCUT2D eigenvalue weighted by Gasteiger charge is 2.23. The van der Waals surface area contributed by atoms with Crippen molar-refractivity contribution in [3.8, 4) is 0 Å². The van der Waals surface area contributed by atoms with Gasteiger partial charge in [0.25, 0.3) is 0 Å². The molecule has 2 aromatic rings. The number of carboxylic acids is 1. The minimum atomic E-state index is -0.906. The number of nitrogens with one attached hydrogen (secondary N) is 1. The van der Waals surface area contributed by atoms with E-state index in [9.17, 15) is 4.79 Å². The summed E-state index contributed by atoms with van der Waals surface area (Å²) < 4.78 is 0. The molecule has 0 amide bonds. The van der Waals surface area contributed by atoms with E-state index in [2.05, 4.69) is 30.0 Å². The highest BCUT2D eigenvalue weighted by atomic mass is 16.4. The van der Waals surface area contributed by atoms with E-state index in [0.29, 0.717) is 11.9 Å². The highest BCUT2D eigenvalue weighted by Crippen LogP contribution is 2.24. The van der Waals surface area contributed by atoms with E-state index >= 15 is 0 Å². The van der Waals surface area contributed by atoms with Crippen LogP contribution < -0.4 is 4.90 Å². The Kier molecular flexibility index (Phi) is 4.99. The van der Waals surface area contributed by atoms with Crippen LogP contribution in [0.1, 0.15) is 30.1 Å². The Bertz CT molecular complexity index is 659. The summed E-state index contributed by atoms with van der Waals surface area (Å²) in [5.74, 6) is 0.834. The molecule has 1 fully saturated rings. The fourth-order valence-corrected chi connectivity index (χ4v) is 2.99. The van der Waals surface area contributed by atoms with Crippen molar-refractivity contribution in [2.45, 2.75) is 25.3 Å². The number of aromatic amines is 1. The first-order valence-electron chi connectivity index (χ1n) is 7.93. The normalized spacial score (nSPS) is 18.5. The number of likely N-dealkylation sites (N-methyl/N-ethyl adjacent to an activating group) is 1. The van der Waals surface area contributed by atoms with Crippen molar-refractivity contribution in [2.24, 2.45) is 0 Å². The summed E-state index contributed by atoms with van der Waals surface area (Å²) in [5.41, 5.74) is 1.01. The van der Waals surface area contributed by atoms with Crippen molar-refractivity contribution in [1.82, 2.24) is 30.0 Å². The van der Waals surface area contributed by atoms with Gasteiger partial charge < -0.3 is 10.0 Å². The fraction of sp³-hybridized carbons (Fsp3) is 0.533. The van der Waals surface area contributed by atoms with Crippen molar-refractivity contribution >= 4 is 11.9 Å². The van der Waals surface area contributed by atoms with Crippen molar-refractivity contribution < 1.29 is 9.90 Å². The van der Waals surface area contributed by atoms with Crippen molar-refractivity contribution in [3.05, 3.63) is 30.1 Å². The number of aromatic nitrogens is 5. The van der Waals surface area contributed by atoms with Crippen molar-refractivity contribution in [2.75, 3.05) is 31.6 Å². The molecule has 0 aliphatic carbocycles. The lowest BCUT2D eigenvalue weighted by molar-refractivity contribution is -0.135. The van der Waals surface area contributed by atoms with Crippen LogP contribution in [0.5, 0.6) is 0 Å². The van der Waals surface area contributed by atoms with Gasteiger partial charge in [0.05, 0.1) is 0 Å². The van der Waals surface area contributed by atoms with Crippen LogP contribution in [-0.4, -0.2) is 67.8 Å². The summed E-state index contributed by atoms with van der Waals surface area (Å²) in [6.45, 7) is 2.61. The van der Waals surface area contributed by atoms with Gasteiger partial charge in [-0.2, -0.15) is 5.10 Å². The number of anilines is 1. The number of hydrogen-bond acceptors (Lipinski definition) is 7. The third-order valence-corrected chi connectivity index (χ3v) is 4.14. The molecule has 2 N–H and O–H groups in total. The van der Waals surface area contributed by atoms with Crippen molar-refractivity contribution in [1.29, 1.82) is 0 Å². The lowest BCUT2D eigenvalue weighted by Gasteiger charge is -2.31. The zero-order valence-electron chi connectivity index (χ0n) is 13.6. The molecule has 2 aromatic heterocycles. The molecular formula is C15H21N7O2. The van der Waals surface area contributed by atoms with Gasteiger partial charge in [0.1, 0.15) is 18.7 Å². The van der Waals surface area contributed by atoms with E-state index in [1.54, 1.807) is 25.8 Å². The molecule has 1 aliphatic rings. The second kappa shape index (κ2) is 7.35. The summed E-state index contributed by atoms with van der Waals surface area (Å²) in [4.78, 5) is 27.4. The van der Waals surface area contributed by atoms with Gasteiger partial charge in [-0.05, 0) is 19.4 Å². The molecular weight excluding hydrogens is 310 g/mol. The molecule has 24 heavy (non-hydrogen) atoms. The third-order valence-electron chi connectivity index (χ3n) is 4.14. The maximum atomic E-state index is 10.7. The van der Waals surface area contributed by atoms with Gasteiger partial charge in [-0.1, -0.05) is 0 Å². The molecule has 0 saturated carbocycles. The van der Waals surface area contributed by atoms with Gasteiger partial charge in [-0.25, -0.2) is 15.0 Å². The van der Waals surface area contributed by atoms with E-state index in [4.69, 9.17) is 5.11 Å². The molecule has 128 valence electrons. The average molecular weight is 331 g/mol. The van der Waals surface area contributed by atoms with Crippen LogP contribution in [0.15, 0.2) is 18.7 Å². The number of piperidine rings is 1. The second-order valence-corrected chi connectivity index (χ2v) is 6.09. The SMILES string of the molecule is CN(CC(=O)O)c1ncc(CN2CCC[C@H](c3ncn[nH]3)C2)cn1. The minimum absolute atomic E-state index is 0.121. The average Bonchev–Trinajstić information content (AvgIpc) is 3.10. The number of carboxylic acid groups (broad SMARTS) is 1. The maximum absolute atomic E-state index is 10.7. The Balaban J connectivity index is 1.58. The first kappa shape index (κ1) is 16.3. The van der Waals surface area contributed by atoms with E-state index < -0.39 is 5.97 Å². The van der Waals surface area contributed by atoms with Crippen LogP contribution in [0.2, 0.25) is 0 Å². The highest BCUT2D eigenvalue weighted by molar-refractivity contribution is 5.72. The Labute approximate surface area is 139 Å². The number of nitrogens with zero attached hydrogens (tertiary/aromatic N) is 6. The predicted octanol–water partition coefficient (Wildman–Crippen LogP) is 0.495. The minimum Gasteiger partial charge on any atom is -0.480 e. The summed E-state index contributed by atoms with van der Waals surface area (Å²) in [7, 11) is 1.66. The van der Waals surface area contributed by atoms with Crippen LogP contribution >= 0.6 is 0 Å². The van der Waals surface area contributed by atoms with Crippen LogP contribution in [0.25, 0.3) is 0 Å². The Morgan fingerprint density at radius 1 is 1.42 bits per heavy atom. The summed E-state index contributed by atoms with van der Waals surface area (Å²) in [6.07, 6.45) is 7.30. The van der Waals surface area contributed by atoms with Gasteiger partial charge in [0, 0.05) is 44.0 Å². The van der Waals surface area contributed by atoms with Crippen LogP contribution in [-0.2, 0) is 11.3 Å². The lowest BCUT2D eigenvalue weighted by atomic mass is 9.97. The summed E-state index contributed by atoms with van der Waals surface area (Å²) in [5, 5.41) is 15.7. The van der Waals surface area contributed by atoms with Gasteiger partial charge in [0.2, 0.25) is 5.95 Å². The largest absolute Gasteiger partial charge is 0.480 e. The molecule has 1 saturated heterocycles. The van der Waals surface area contributed by atoms with Crippen LogP contribution in [0.3, 0.4) is 0 Å². The second-order valence-electron chi connectivity index (χ2n) is 6.09. The zero-order chi connectivity index (χ0) is 16.9. The topological polar surface area (TPSA) is 111 Å². The molecule has 1 atom stereocenters. The molecule has 1 aliphatic heterocycles. The third kappa shape index (κ3) is 4.05. The van der Waals surface area contributed by atoms with Gasteiger partial charge in [0.15, 0.2) is 0 Å². The number of likely N-dealkylation sites (tertiary alicyclic amines) is 1.